The van der Waals surface area contributed by atoms with Gasteiger partial charge in [-0.2, -0.15) is 0 Å². The van der Waals surface area contributed by atoms with Gasteiger partial charge in [-0.05, 0) is 43.9 Å². The van der Waals surface area contributed by atoms with E-state index < -0.39 is 64.6 Å². The van der Waals surface area contributed by atoms with E-state index in [2.05, 4.69) is 27.8 Å². The van der Waals surface area contributed by atoms with E-state index >= 15 is 0 Å². The Morgan fingerprint density at radius 3 is 2.26 bits per heavy atom. The third-order valence-electron chi connectivity index (χ3n) is 8.07. The zero-order chi connectivity index (χ0) is 31.1. The molecule has 3 aliphatic rings. The minimum atomic E-state index is -1.20. The molecular formula is C29H46N6O7. The standard InChI is InChI=1S/C29H46N6O7/c1-5-16-42-26(40)29(13-7-6-8-14-29)34-27(41)33-22(28(2,3)4)25(39)35-15-9-10-20(35)24(38)32-19(21(36)23(30)37)17-31-18-11-12-18/h5,18-20,22,31H,1,6-17H2,2-4H3,(H2,30,37)(H,32,38)(H2,33,34,41)/t19?,20-,22?/m0/s1. The van der Waals surface area contributed by atoms with Gasteiger partial charge in [0.1, 0.15) is 30.3 Å². The molecule has 3 rings (SSSR count). The second kappa shape index (κ2) is 14.1. The van der Waals surface area contributed by atoms with Crippen LogP contribution in [0.3, 0.4) is 0 Å². The van der Waals surface area contributed by atoms with Crippen molar-refractivity contribution in [1.29, 1.82) is 0 Å². The average molecular weight is 591 g/mol. The van der Waals surface area contributed by atoms with Gasteiger partial charge in [0, 0.05) is 19.1 Å². The molecule has 6 N–H and O–H groups in total. The minimum Gasteiger partial charge on any atom is -0.460 e. The van der Waals surface area contributed by atoms with Gasteiger partial charge in [-0.3, -0.25) is 19.2 Å². The fraction of sp³-hybridized carbons (Fsp3) is 0.724. The van der Waals surface area contributed by atoms with Crippen molar-refractivity contribution in [3.63, 3.8) is 0 Å². The predicted octanol–water partition coefficient (Wildman–Crippen LogP) is 0.415. The number of urea groups is 1. The first-order chi connectivity index (χ1) is 19.8. The molecule has 13 nitrogen and oxygen atoms in total. The Morgan fingerprint density at radius 2 is 1.69 bits per heavy atom. The number of Topliss-reactive ketones (excluding diaryl/α,β-unsaturated/α-hetero) is 1. The van der Waals surface area contributed by atoms with E-state index in [0.29, 0.717) is 25.7 Å². The summed E-state index contributed by atoms with van der Waals surface area (Å²) in [5.41, 5.74) is 3.25. The van der Waals surface area contributed by atoms with Crippen LogP contribution >= 0.6 is 0 Å². The van der Waals surface area contributed by atoms with Crippen LogP contribution in [0.25, 0.3) is 0 Å². The van der Waals surface area contributed by atoms with E-state index in [1.807, 2.05) is 0 Å². The van der Waals surface area contributed by atoms with E-state index in [-0.39, 0.29) is 25.7 Å². The Labute approximate surface area is 247 Å². The quantitative estimate of drug-likeness (QED) is 0.116. The number of likely N-dealkylation sites (tertiary alicyclic amines) is 1. The van der Waals surface area contributed by atoms with E-state index in [1.165, 1.54) is 11.0 Å². The van der Waals surface area contributed by atoms with Gasteiger partial charge in [-0.15, -0.1) is 0 Å². The number of amides is 5. The van der Waals surface area contributed by atoms with Gasteiger partial charge in [0.15, 0.2) is 0 Å². The predicted molar refractivity (Wildman–Crippen MR) is 154 cm³/mol. The van der Waals surface area contributed by atoms with Gasteiger partial charge >= 0.3 is 12.0 Å². The molecular weight excluding hydrogens is 544 g/mol. The van der Waals surface area contributed by atoms with E-state index in [1.54, 1.807) is 20.8 Å². The molecule has 0 aromatic rings. The van der Waals surface area contributed by atoms with Crippen LogP contribution in [0.15, 0.2) is 12.7 Å². The van der Waals surface area contributed by atoms with Crippen molar-refractivity contribution >= 4 is 35.5 Å². The third kappa shape index (κ3) is 8.52. The van der Waals surface area contributed by atoms with Crippen molar-refractivity contribution in [3.8, 4) is 0 Å². The van der Waals surface area contributed by atoms with Crippen LogP contribution in [0.5, 0.6) is 0 Å². The molecule has 42 heavy (non-hydrogen) atoms. The van der Waals surface area contributed by atoms with Gasteiger partial charge < -0.3 is 36.6 Å². The van der Waals surface area contributed by atoms with Crippen molar-refractivity contribution in [1.82, 2.24) is 26.2 Å². The summed E-state index contributed by atoms with van der Waals surface area (Å²) in [5.74, 6) is -3.63. The van der Waals surface area contributed by atoms with Gasteiger partial charge in [0.25, 0.3) is 5.91 Å². The Balaban J connectivity index is 1.72. The second-order valence-electron chi connectivity index (χ2n) is 12.6. The smallest absolute Gasteiger partial charge is 0.332 e. The van der Waals surface area contributed by atoms with Crippen molar-refractivity contribution in [3.05, 3.63) is 12.7 Å². The minimum absolute atomic E-state index is 0.0218. The molecule has 2 aliphatic carbocycles. The number of rotatable bonds is 13. The summed E-state index contributed by atoms with van der Waals surface area (Å²) < 4.78 is 5.30. The molecule has 0 spiro atoms. The number of nitrogens with two attached hydrogens (primary N) is 1. The Bertz CT molecular complexity index is 1060. The summed E-state index contributed by atoms with van der Waals surface area (Å²) >= 11 is 0. The van der Waals surface area contributed by atoms with Crippen LogP contribution in [0.4, 0.5) is 4.79 Å². The van der Waals surface area contributed by atoms with Crippen LogP contribution in [-0.4, -0.2) is 89.8 Å². The number of nitrogens with zero attached hydrogens (tertiary/aromatic N) is 1. The summed E-state index contributed by atoms with van der Waals surface area (Å²) in [5, 5.41) is 11.3. The largest absolute Gasteiger partial charge is 0.460 e. The molecule has 0 radical (unpaired) electrons. The second-order valence-corrected chi connectivity index (χ2v) is 12.6. The number of ether oxygens (including phenoxy) is 1. The number of ketones is 1. The highest BCUT2D eigenvalue weighted by molar-refractivity contribution is 6.38. The maximum absolute atomic E-state index is 13.9. The van der Waals surface area contributed by atoms with Crippen LogP contribution in [-0.2, 0) is 28.7 Å². The number of hydrogen-bond acceptors (Lipinski definition) is 8. The monoisotopic (exact) mass is 590 g/mol. The van der Waals surface area contributed by atoms with Crippen molar-refractivity contribution < 1.29 is 33.5 Å². The van der Waals surface area contributed by atoms with Gasteiger partial charge in [0.05, 0.1) is 0 Å². The molecule has 234 valence electrons. The topological polar surface area (TPSA) is 189 Å². The summed E-state index contributed by atoms with van der Waals surface area (Å²) in [6, 6.07) is -3.52. The normalized spacial score (nSPS) is 21.4. The van der Waals surface area contributed by atoms with Crippen LogP contribution < -0.4 is 27.0 Å². The number of carbonyl (C=O) groups excluding carboxylic acids is 6. The molecule has 0 aromatic carbocycles. The van der Waals surface area contributed by atoms with Crippen molar-refractivity contribution in [2.75, 3.05) is 19.7 Å². The molecule has 5 amide bonds. The maximum atomic E-state index is 13.9. The van der Waals surface area contributed by atoms with Gasteiger partial charge in [-0.1, -0.05) is 52.7 Å². The number of hydrogen-bond donors (Lipinski definition) is 5. The first kappa shape index (κ1) is 33.0. The van der Waals surface area contributed by atoms with Crippen LogP contribution in [0, 0.1) is 5.41 Å². The van der Waals surface area contributed by atoms with Gasteiger partial charge in [-0.25, -0.2) is 9.59 Å². The highest BCUT2D eigenvalue weighted by Gasteiger charge is 2.46. The lowest BCUT2D eigenvalue weighted by Crippen LogP contribution is -2.64. The molecule has 3 fully saturated rings. The molecule has 1 saturated heterocycles. The molecule has 13 heteroatoms. The molecule has 2 saturated carbocycles. The fourth-order valence-electron chi connectivity index (χ4n) is 5.53. The van der Waals surface area contributed by atoms with Crippen LogP contribution in [0.2, 0.25) is 0 Å². The lowest BCUT2D eigenvalue weighted by molar-refractivity contribution is -0.151. The Kier molecular flexibility index (Phi) is 11.1. The highest BCUT2D eigenvalue weighted by atomic mass is 16.5. The van der Waals surface area contributed by atoms with Crippen molar-refractivity contribution in [2.24, 2.45) is 11.1 Å². The average Bonchev–Trinajstić information content (AvgIpc) is 3.64. The van der Waals surface area contributed by atoms with Crippen LogP contribution in [0.1, 0.15) is 78.6 Å². The molecule has 0 aromatic heterocycles. The zero-order valence-electron chi connectivity index (χ0n) is 25.0. The van der Waals surface area contributed by atoms with Crippen molar-refractivity contribution in [2.45, 2.75) is 108 Å². The van der Waals surface area contributed by atoms with E-state index in [9.17, 15) is 28.8 Å². The summed E-state index contributed by atoms with van der Waals surface area (Å²) in [4.78, 5) is 78.8. The fourth-order valence-corrected chi connectivity index (χ4v) is 5.53. The Hall–Kier alpha value is -3.48. The molecule has 1 aliphatic heterocycles. The number of primary amides is 1. The summed E-state index contributed by atoms with van der Waals surface area (Å²) in [6.45, 7) is 9.30. The summed E-state index contributed by atoms with van der Waals surface area (Å²) in [7, 11) is 0. The number of carbonyl (C=O) groups is 6. The van der Waals surface area contributed by atoms with Gasteiger partial charge in [0.2, 0.25) is 17.6 Å². The maximum Gasteiger partial charge on any atom is 0.332 e. The molecule has 0 bridgehead atoms. The van der Waals surface area contributed by atoms with E-state index in [0.717, 1.165) is 32.1 Å². The third-order valence-corrected chi connectivity index (χ3v) is 8.07. The zero-order valence-corrected chi connectivity index (χ0v) is 25.0. The Morgan fingerprint density at radius 1 is 1.02 bits per heavy atom. The first-order valence-electron chi connectivity index (χ1n) is 14.8. The molecule has 1 heterocycles. The lowest BCUT2D eigenvalue weighted by Gasteiger charge is -2.38. The summed E-state index contributed by atoms with van der Waals surface area (Å²) in [6.07, 6.45) is 7.50. The van der Waals surface area contributed by atoms with E-state index in [4.69, 9.17) is 10.5 Å². The lowest BCUT2D eigenvalue weighted by atomic mass is 9.81. The highest BCUT2D eigenvalue weighted by Crippen LogP contribution is 2.30. The molecule has 3 atom stereocenters. The first-order valence-corrected chi connectivity index (χ1v) is 14.8. The number of esters is 1. The number of nitrogens with one attached hydrogen (secondary N) is 4. The SMILES string of the molecule is C=CCOC(=O)C1(NC(=O)NC(C(=O)N2CCC[C@H]2C(=O)NC(CNC2CC2)C(=O)C(N)=O)C(C)(C)C)CCCCC1. The molecule has 2 unspecified atom stereocenters.